The zero-order valence-corrected chi connectivity index (χ0v) is 20.4. The number of rotatable bonds is 6. The lowest BCUT2D eigenvalue weighted by atomic mass is 9.95. The molecule has 3 aromatic rings. The van der Waals surface area contributed by atoms with Crippen LogP contribution in [0.4, 0.5) is 5.69 Å². The highest BCUT2D eigenvalue weighted by atomic mass is 16.5. The number of methoxy groups -OCH3 is 1. The monoisotopic (exact) mass is 483 g/mol. The molecule has 6 heteroatoms. The van der Waals surface area contributed by atoms with Crippen molar-refractivity contribution in [2.45, 2.75) is 44.1 Å². The molecule has 3 aliphatic rings. The standard InChI is InChI=1S/C30H29NO5/c1-34-30(33)16-19-18-35-28-17-20(11-12-21(19)28)36-27-14-13-23-22(7-4-8-25(23)27)24-6-2-3-9-26(24)31-15-5-10-29(31)32/h2-4,6-9,11-12,17,19,27H,5,10,13-16,18H2,1H3/t19-,27-/m1/s1. The number of hydrogen-bond donors (Lipinski definition) is 0. The van der Waals surface area contributed by atoms with E-state index in [0.29, 0.717) is 19.4 Å². The van der Waals surface area contributed by atoms with Gasteiger partial charge >= 0.3 is 5.97 Å². The van der Waals surface area contributed by atoms with Crippen molar-refractivity contribution in [3.8, 4) is 22.6 Å². The van der Waals surface area contributed by atoms with Gasteiger partial charge < -0.3 is 19.1 Å². The molecule has 0 unspecified atom stereocenters. The van der Waals surface area contributed by atoms with E-state index >= 15 is 0 Å². The number of carbonyl (C=O) groups excluding carboxylic acids is 2. The molecule has 36 heavy (non-hydrogen) atoms. The molecule has 3 aromatic carbocycles. The third kappa shape index (κ3) is 4.00. The van der Waals surface area contributed by atoms with Gasteiger partial charge in [0, 0.05) is 36.1 Å². The number of carbonyl (C=O) groups is 2. The molecule has 0 saturated carbocycles. The minimum absolute atomic E-state index is 0.0128. The van der Waals surface area contributed by atoms with Gasteiger partial charge in [-0.15, -0.1) is 0 Å². The molecule has 1 saturated heterocycles. The summed E-state index contributed by atoms with van der Waals surface area (Å²) >= 11 is 0. The van der Waals surface area contributed by atoms with Gasteiger partial charge in [0.15, 0.2) is 0 Å². The molecule has 1 aliphatic carbocycles. The summed E-state index contributed by atoms with van der Waals surface area (Å²) in [5, 5.41) is 0. The Balaban J connectivity index is 1.26. The number of hydrogen-bond acceptors (Lipinski definition) is 5. The Morgan fingerprint density at radius 1 is 1.03 bits per heavy atom. The van der Waals surface area contributed by atoms with Gasteiger partial charge in [0.25, 0.3) is 0 Å². The van der Waals surface area contributed by atoms with E-state index in [2.05, 4.69) is 30.3 Å². The normalized spacial score (nSPS) is 20.1. The summed E-state index contributed by atoms with van der Waals surface area (Å²) in [7, 11) is 1.41. The quantitative estimate of drug-likeness (QED) is 0.428. The summed E-state index contributed by atoms with van der Waals surface area (Å²) < 4.78 is 17.1. The van der Waals surface area contributed by atoms with Crippen LogP contribution in [0.2, 0.25) is 0 Å². The maximum absolute atomic E-state index is 12.5. The highest BCUT2D eigenvalue weighted by Crippen LogP contribution is 2.44. The molecule has 0 bridgehead atoms. The Morgan fingerprint density at radius 2 is 1.89 bits per heavy atom. The van der Waals surface area contributed by atoms with Crippen molar-refractivity contribution in [1.82, 2.24) is 0 Å². The molecular weight excluding hydrogens is 454 g/mol. The van der Waals surface area contributed by atoms with Gasteiger partial charge in [-0.05, 0) is 48.1 Å². The average molecular weight is 484 g/mol. The van der Waals surface area contributed by atoms with E-state index in [1.807, 2.05) is 35.2 Å². The van der Waals surface area contributed by atoms with Gasteiger partial charge in [0.05, 0.1) is 25.8 Å². The van der Waals surface area contributed by atoms with Gasteiger partial charge in [-0.2, -0.15) is 0 Å². The van der Waals surface area contributed by atoms with Crippen molar-refractivity contribution in [3.63, 3.8) is 0 Å². The number of fused-ring (bicyclic) bond motifs is 2. The second-order valence-electron chi connectivity index (χ2n) is 9.67. The third-order valence-corrected chi connectivity index (χ3v) is 7.56. The van der Waals surface area contributed by atoms with Gasteiger partial charge in [-0.25, -0.2) is 0 Å². The minimum atomic E-state index is -0.231. The highest BCUT2D eigenvalue weighted by Gasteiger charge is 2.31. The largest absolute Gasteiger partial charge is 0.492 e. The first-order chi connectivity index (χ1) is 17.6. The molecule has 2 heterocycles. The predicted octanol–water partition coefficient (Wildman–Crippen LogP) is 5.59. The zero-order chi connectivity index (χ0) is 24.6. The summed E-state index contributed by atoms with van der Waals surface area (Å²) in [5.41, 5.74) is 6.78. The smallest absolute Gasteiger partial charge is 0.306 e. The molecule has 2 atom stereocenters. The Hall–Kier alpha value is -3.80. The van der Waals surface area contributed by atoms with Crippen LogP contribution in [0.5, 0.6) is 11.5 Å². The number of ether oxygens (including phenoxy) is 3. The van der Waals surface area contributed by atoms with Crippen molar-refractivity contribution >= 4 is 17.6 Å². The number of esters is 1. The maximum Gasteiger partial charge on any atom is 0.306 e. The van der Waals surface area contributed by atoms with Crippen molar-refractivity contribution in [2.24, 2.45) is 0 Å². The van der Waals surface area contributed by atoms with Crippen LogP contribution in [0.25, 0.3) is 11.1 Å². The molecule has 1 fully saturated rings. The van der Waals surface area contributed by atoms with Gasteiger partial charge in [-0.3, -0.25) is 9.59 Å². The van der Waals surface area contributed by atoms with Crippen molar-refractivity contribution < 1.29 is 23.8 Å². The van der Waals surface area contributed by atoms with Crippen LogP contribution >= 0.6 is 0 Å². The summed E-state index contributed by atoms with van der Waals surface area (Å²) in [6.45, 7) is 1.25. The molecule has 0 radical (unpaired) electrons. The van der Waals surface area contributed by atoms with E-state index in [0.717, 1.165) is 54.1 Å². The maximum atomic E-state index is 12.5. The highest BCUT2D eigenvalue weighted by molar-refractivity contribution is 5.99. The van der Waals surface area contributed by atoms with Crippen LogP contribution < -0.4 is 14.4 Å². The van der Waals surface area contributed by atoms with Gasteiger partial charge in [-0.1, -0.05) is 42.5 Å². The van der Waals surface area contributed by atoms with Crippen LogP contribution in [0.3, 0.4) is 0 Å². The Morgan fingerprint density at radius 3 is 2.72 bits per heavy atom. The second-order valence-corrected chi connectivity index (χ2v) is 9.67. The lowest BCUT2D eigenvalue weighted by molar-refractivity contribution is -0.141. The Kier molecular flexibility index (Phi) is 5.88. The summed E-state index contributed by atoms with van der Waals surface area (Å²) in [6, 6.07) is 20.5. The van der Waals surface area contributed by atoms with E-state index in [9.17, 15) is 9.59 Å². The topological polar surface area (TPSA) is 65.1 Å². The predicted molar refractivity (Wildman–Crippen MR) is 136 cm³/mol. The third-order valence-electron chi connectivity index (χ3n) is 7.56. The van der Waals surface area contributed by atoms with Crippen LogP contribution in [0.15, 0.2) is 60.7 Å². The van der Waals surface area contributed by atoms with Crippen molar-refractivity contribution in [3.05, 3.63) is 77.4 Å². The molecular formula is C30H29NO5. The molecule has 184 valence electrons. The molecule has 1 amide bonds. The molecule has 0 spiro atoms. The summed E-state index contributed by atoms with van der Waals surface area (Å²) in [4.78, 5) is 26.1. The molecule has 6 nitrogen and oxygen atoms in total. The number of benzene rings is 3. The number of nitrogens with zero attached hydrogens (tertiary/aromatic N) is 1. The van der Waals surface area contributed by atoms with E-state index in [4.69, 9.17) is 14.2 Å². The summed E-state index contributed by atoms with van der Waals surface area (Å²) in [6.07, 6.45) is 3.59. The lowest BCUT2D eigenvalue weighted by Crippen LogP contribution is -2.24. The number of para-hydroxylation sites is 1. The fraction of sp³-hybridized carbons (Fsp3) is 0.333. The fourth-order valence-electron chi connectivity index (χ4n) is 5.78. The summed E-state index contributed by atoms with van der Waals surface area (Å²) in [5.74, 6) is 1.52. The fourth-order valence-corrected chi connectivity index (χ4v) is 5.78. The first-order valence-electron chi connectivity index (χ1n) is 12.6. The van der Waals surface area contributed by atoms with E-state index in [1.54, 1.807) is 0 Å². The van der Waals surface area contributed by atoms with Crippen LogP contribution in [-0.2, 0) is 20.7 Å². The van der Waals surface area contributed by atoms with Crippen LogP contribution in [0, 0.1) is 0 Å². The van der Waals surface area contributed by atoms with Crippen LogP contribution in [0.1, 0.15) is 54.4 Å². The molecule has 0 N–H and O–H groups in total. The molecule has 2 aliphatic heterocycles. The molecule has 0 aromatic heterocycles. The van der Waals surface area contributed by atoms with Gasteiger partial charge in [0.1, 0.15) is 17.6 Å². The molecule has 6 rings (SSSR count). The average Bonchev–Trinajstić information content (AvgIpc) is 3.63. The Labute approximate surface area is 210 Å². The van der Waals surface area contributed by atoms with Gasteiger partial charge in [0.2, 0.25) is 5.91 Å². The number of amides is 1. The zero-order valence-electron chi connectivity index (χ0n) is 20.4. The first kappa shape index (κ1) is 22.7. The van der Waals surface area contributed by atoms with E-state index < -0.39 is 0 Å². The SMILES string of the molecule is COC(=O)C[C@@H]1COc2cc(O[C@@H]3CCc4c(-c5ccccc5N5CCCC5=O)cccc43)ccc21. The van der Waals surface area contributed by atoms with E-state index in [1.165, 1.54) is 23.8 Å². The lowest BCUT2D eigenvalue weighted by Gasteiger charge is -2.21. The Bertz CT molecular complexity index is 1330. The van der Waals surface area contributed by atoms with Crippen molar-refractivity contribution in [1.29, 1.82) is 0 Å². The minimum Gasteiger partial charge on any atom is -0.492 e. The second kappa shape index (κ2) is 9.34. The first-order valence-corrected chi connectivity index (χ1v) is 12.6. The number of anilines is 1. The van der Waals surface area contributed by atoms with Crippen molar-refractivity contribution in [2.75, 3.05) is 25.2 Å². The van der Waals surface area contributed by atoms with E-state index in [-0.39, 0.29) is 23.9 Å². The van der Waals surface area contributed by atoms with Crippen LogP contribution in [-0.4, -0.2) is 32.1 Å².